The first kappa shape index (κ1) is 8.60. The number of aromatic nitrogens is 2. The second kappa shape index (κ2) is 3.40. The molecule has 0 amide bonds. The highest BCUT2D eigenvalue weighted by molar-refractivity contribution is 5.37. The van der Waals surface area contributed by atoms with Gasteiger partial charge in [-0.25, -0.2) is 0 Å². The molecule has 1 saturated carbocycles. The largest absolute Gasteiger partial charge is 0.366 e. The van der Waals surface area contributed by atoms with Gasteiger partial charge in [-0.2, -0.15) is 5.10 Å². The summed E-state index contributed by atoms with van der Waals surface area (Å²) in [7, 11) is 0. The van der Waals surface area contributed by atoms with E-state index in [1.807, 2.05) is 0 Å². The van der Waals surface area contributed by atoms with Gasteiger partial charge in [-0.3, -0.25) is 5.10 Å². The van der Waals surface area contributed by atoms with E-state index in [0.29, 0.717) is 12.0 Å². The predicted molar refractivity (Wildman–Crippen MR) is 53.8 cm³/mol. The Balaban J connectivity index is 1.91. The van der Waals surface area contributed by atoms with Gasteiger partial charge in [0.2, 0.25) is 0 Å². The molecule has 0 radical (unpaired) electrons. The van der Waals surface area contributed by atoms with E-state index in [4.69, 9.17) is 0 Å². The van der Waals surface area contributed by atoms with Crippen LogP contribution in [-0.2, 0) is 6.42 Å². The third kappa shape index (κ3) is 2.47. The fraction of sp³-hybridized carbons (Fsp3) is 0.700. The molecular formula is C10H17N3. The van der Waals surface area contributed by atoms with Gasteiger partial charge in [0.15, 0.2) is 0 Å². The lowest BCUT2D eigenvalue weighted by atomic mass is 10.1. The number of rotatable bonds is 4. The van der Waals surface area contributed by atoms with Crippen molar-refractivity contribution in [2.24, 2.45) is 5.92 Å². The van der Waals surface area contributed by atoms with E-state index in [1.165, 1.54) is 18.5 Å². The average molecular weight is 179 g/mol. The van der Waals surface area contributed by atoms with Crippen molar-refractivity contribution in [2.75, 3.05) is 5.32 Å². The average Bonchev–Trinajstić information content (AvgIpc) is 2.73. The fourth-order valence-corrected chi connectivity index (χ4v) is 1.42. The lowest BCUT2D eigenvalue weighted by Crippen LogP contribution is -2.00. The molecule has 0 bridgehead atoms. The van der Waals surface area contributed by atoms with Crippen LogP contribution in [0.3, 0.4) is 0 Å². The molecule has 3 heteroatoms. The Hall–Kier alpha value is -0.990. The summed E-state index contributed by atoms with van der Waals surface area (Å²) in [6.45, 7) is 4.43. The first-order chi connectivity index (χ1) is 6.24. The van der Waals surface area contributed by atoms with Crippen molar-refractivity contribution in [3.05, 3.63) is 11.8 Å². The van der Waals surface area contributed by atoms with Crippen LogP contribution in [-0.4, -0.2) is 16.2 Å². The second-order valence-corrected chi connectivity index (χ2v) is 4.30. The molecule has 1 aromatic heterocycles. The van der Waals surface area contributed by atoms with Crippen molar-refractivity contribution < 1.29 is 0 Å². The maximum atomic E-state index is 4.21. The van der Waals surface area contributed by atoms with E-state index >= 15 is 0 Å². The molecule has 1 heterocycles. The van der Waals surface area contributed by atoms with Gasteiger partial charge in [0.1, 0.15) is 5.82 Å². The normalized spacial score (nSPS) is 16.5. The van der Waals surface area contributed by atoms with Crippen molar-refractivity contribution >= 4 is 5.82 Å². The highest BCUT2D eigenvalue weighted by Crippen LogP contribution is 2.24. The molecule has 1 fully saturated rings. The quantitative estimate of drug-likeness (QED) is 0.743. The van der Waals surface area contributed by atoms with Gasteiger partial charge in [0.25, 0.3) is 0 Å². The van der Waals surface area contributed by atoms with Gasteiger partial charge >= 0.3 is 0 Å². The Morgan fingerprint density at radius 2 is 2.38 bits per heavy atom. The van der Waals surface area contributed by atoms with Crippen molar-refractivity contribution in [1.29, 1.82) is 0 Å². The van der Waals surface area contributed by atoms with E-state index in [9.17, 15) is 0 Å². The van der Waals surface area contributed by atoms with E-state index < -0.39 is 0 Å². The molecule has 1 aromatic rings. The Bertz CT molecular complexity index is 255. The third-order valence-electron chi connectivity index (χ3n) is 2.19. The smallest absolute Gasteiger partial charge is 0.148 e. The Labute approximate surface area is 78.9 Å². The summed E-state index contributed by atoms with van der Waals surface area (Å²) in [6.07, 6.45) is 3.68. The van der Waals surface area contributed by atoms with Crippen LogP contribution in [0.1, 0.15) is 32.4 Å². The van der Waals surface area contributed by atoms with Crippen molar-refractivity contribution in [3.8, 4) is 0 Å². The molecule has 2 rings (SSSR count). The molecule has 1 aliphatic carbocycles. The van der Waals surface area contributed by atoms with Crippen molar-refractivity contribution in [3.63, 3.8) is 0 Å². The van der Waals surface area contributed by atoms with Crippen molar-refractivity contribution in [2.45, 2.75) is 39.2 Å². The first-order valence-electron chi connectivity index (χ1n) is 5.05. The van der Waals surface area contributed by atoms with E-state index in [1.54, 1.807) is 0 Å². The lowest BCUT2D eigenvalue weighted by Gasteiger charge is -1.99. The summed E-state index contributed by atoms with van der Waals surface area (Å²) in [5.41, 5.74) is 1.23. The monoisotopic (exact) mass is 179 g/mol. The maximum Gasteiger partial charge on any atom is 0.148 e. The summed E-state index contributed by atoms with van der Waals surface area (Å²) < 4.78 is 0. The topological polar surface area (TPSA) is 40.7 Å². The van der Waals surface area contributed by atoms with Crippen LogP contribution in [0, 0.1) is 5.92 Å². The van der Waals surface area contributed by atoms with Crippen molar-refractivity contribution in [1.82, 2.24) is 10.2 Å². The molecule has 0 atom stereocenters. The Morgan fingerprint density at radius 3 is 3.00 bits per heavy atom. The molecule has 0 unspecified atom stereocenters. The number of anilines is 1. The maximum absolute atomic E-state index is 4.21. The molecule has 0 aliphatic heterocycles. The zero-order valence-corrected chi connectivity index (χ0v) is 8.30. The standard InChI is InChI=1S/C10H17N3/c1-7(2)5-9-6-10(13-12-9)11-8-3-4-8/h6-8H,3-5H2,1-2H3,(H2,11,12,13). The van der Waals surface area contributed by atoms with Crippen LogP contribution in [0.4, 0.5) is 5.82 Å². The summed E-state index contributed by atoms with van der Waals surface area (Å²) in [5.74, 6) is 1.70. The molecule has 1 aliphatic rings. The Kier molecular flexibility index (Phi) is 2.25. The van der Waals surface area contributed by atoms with Crippen LogP contribution in [0.5, 0.6) is 0 Å². The number of nitrogens with one attached hydrogen (secondary N) is 2. The molecule has 2 N–H and O–H groups in total. The zero-order valence-electron chi connectivity index (χ0n) is 8.30. The highest BCUT2D eigenvalue weighted by atomic mass is 15.2. The van der Waals surface area contributed by atoms with Gasteiger partial charge in [0, 0.05) is 17.8 Å². The zero-order chi connectivity index (χ0) is 9.26. The molecule has 0 spiro atoms. The van der Waals surface area contributed by atoms with Crippen LogP contribution in [0.2, 0.25) is 0 Å². The van der Waals surface area contributed by atoms with Gasteiger partial charge in [0.05, 0.1) is 0 Å². The van der Waals surface area contributed by atoms with Crippen LogP contribution in [0.25, 0.3) is 0 Å². The highest BCUT2D eigenvalue weighted by Gasteiger charge is 2.21. The summed E-state index contributed by atoms with van der Waals surface area (Å²) >= 11 is 0. The summed E-state index contributed by atoms with van der Waals surface area (Å²) in [5, 5.41) is 10.6. The number of nitrogens with zero attached hydrogens (tertiary/aromatic N) is 1. The first-order valence-corrected chi connectivity index (χ1v) is 5.05. The summed E-state index contributed by atoms with van der Waals surface area (Å²) in [4.78, 5) is 0. The fourth-order valence-electron chi connectivity index (χ4n) is 1.42. The Morgan fingerprint density at radius 1 is 1.62 bits per heavy atom. The van der Waals surface area contributed by atoms with Gasteiger partial charge in [-0.15, -0.1) is 0 Å². The van der Waals surface area contributed by atoms with Crippen LogP contribution in [0.15, 0.2) is 6.07 Å². The molecule has 0 saturated heterocycles. The van der Waals surface area contributed by atoms with Gasteiger partial charge < -0.3 is 5.32 Å². The molecule has 13 heavy (non-hydrogen) atoms. The second-order valence-electron chi connectivity index (χ2n) is 4.30. The van der Waals surface area contributed by atoms with E-state index in [0.717, 1.165) is 12.2 Å². The van der Waals surface area contributed by atoms with Crippen LogP contribution >= 0.6 is 0 Å². The molecule has 0 aromatic carbocycles. The number of hydrogen-bond donors (Lipinski definition) is 2. The lowest BCUT2D eigenvalue weighted by molar-refractivity contribution is 0.633. The minimum Gasteiger partial charge on any atom is -0.366 e. The van der Waals surface area contributed by atoms with Gasteiger partial charge in [-0.1, -0.05) is 13.8 Å². The van der Waals surface area contributed by atoms with Crippen LogP contribution < -0.4 is 5.32 Å². The molecule has 3 nitrogen and oxygen atoms in total. The third-order valence-corrected chi connectivity index (χ3v) is 2.19. The summed E-state index contributed by atoms with van der Waals surface area (Å²) in [6, 6.07) is 2.81. The van der Waals surface area contributed by atoms with E-state index in [2.05, 4.69) is 35.4 Å². The SMILES string of the molecule is CC(C)Cc1cc(NC2CC2)n[nH]1. The minimum absolute atomic E-state index is 0.689. The molecular weight excluding hydrogens is 162 g/mol. The number of H-pyrrole nitrogens is 1. The molecule has 72 valence electrons. The number of hydrogen-bond acceptors (Lipinski definition) is 2. The number of aromatic amines is 1. The predicted octanol–water partition coefficient (Wildman–Crippen LogP) is 2.18. The minimum atomic E-state index is 0.689. The van der Waals surface area contributed by atoms with Gasteiger partial charge in [-0.05, 0) is 25.2 Å². The van der Waals surface area contributed by atoms with E-state index in [-0.39, 0.29) is 0 Å².